The maximum atomic E-state index is 11.4. The van der Waals surface area contributed by atoms with Crippen LogP contribution in [0.3, 0.4) is 0 Å². The highest BCUT2D eigenvalue weighted by atomic mass is 32.1. The molecule has 0 atom stereocenters. The number of nitrogens with one attached hydrogen (secondary N) is 4. The van der Waals surface area contributed by atoms with Gasteiger partial charge in [0.15, 0.2) is 22.5 Å². The standard InChI is InChI=1S/C17H20N6O3S/c1-10(2)25-11-6-7-12(21-9-11)14(18)22-16(27)23-15-13(5-4-8-20-15)26-17(24)19-3/h4-10H,1-3H3,(H,19,24)(H3,18,20,22,23,27). The fourth-order valence-electron chi connectivity index (χ4n) is 1.90. The summed E-state index contributed by atoms with van der Waals surface area (Å²) in [5.74, 6) is 1.04. The molecule has 1 amide bonds. The van der Waals surface area contributed by atoms with Gasteiger partial charge < -0.3 is 25.4 Å². The summed E-state index contributed by atoms with van der Waals surface area (Å²) in [4.78, 5) is 19.6. The van der Waals surface area contributed by atoms with E-state index in [4.69, 9.17) is 27.1 Å². The van der Waals surface area contributed by atoms with Gasteiger partial charge in [0.1, 0.15) is 11.4 Å². The van der Waals surface area contributed by atoms with Gasteiger partial charge >= 0.3 is 6.09 Å². The highest BCUT2D eigenvalue weighted by molar-refractivity contribution is 7.80. The van der Waals surface area contributed by atoms with E-state index in [1.807, 2.05) is 13.8 Å². The summed E-state index contributed by atoms with van der Waals surface area (Å²) < 4.78 is 10.6. The highest BCUT2D eigenvalue weighted by Gasteiger charge is 2.12. The van der Waals surface area contributed by atoms with Gasteiger partial charge in [0.25, 0.3) is 0 Å². The molecule has 2 heterocycles. The van der Waals surface area contributed by atoms with E-state index < -0.39 is 6.09 Å². The lowest BCUT2D eigenvalue weighted by Gasteiger charge is -2.13. The fraction of sp³-hybridized carbons (Fsp3) is 0.235. The molecule has 0 aliphatic heterocycles. The maximum absolute atomic E-state index is 11.4. The Morgan fingerprint density at radius 1 is 1.26 bits per heavy atom. The topological polar surface area (TPSA) is 121 Å². The van der Waals surface area contributed by atoms with Crippen molar-refractivity contribution in [3.63, 3.8) is 0 Å². The Kier molecular flexibility index (Phi) is 7.00. The summed E-state index contributed by atoms with van der Waals surface area (Å²) in [5, 5.41) is 16.0. The second-order valence-electron chi connectivity index (χ2n) is 5.49. The summed E-state index contributed by atoms with van der Waals surface area (Å²) >= 11 is 5.19. The van der Waals surface area contributed by atoms with E-state index in [2.05, 4.69) is 25.9 Å². The Labute approximate surface area is 162 Å². The molecule has 0 bridgehead atoms. The van der Waals surface area contributed by atoms with Crippen LogP contribution in [0.2, 0.25) is 0 Å². The molecule has 142 valence electrons. The number of amidine groups is 1. The second-order valence-corrected chi connectivity index (χ2v) is 5.90. The Morgan fingerprint density at radius 2 is 2.04 bits per heavy atom. The lowest BCUT2D eigenvalue weighted by atomic mass is 10.3. The highest BCUT2D eigenvalue weighted by Crippen LogP contribution is 2.20. The van der Waals surface area contributed by atoms with Crippen molar-refractivity contribution in [3.8, 4) is 11.5 Å². The van der Waals surface area contributed by atoms with Crippen LogP contribution in [-0.2, 0) is 0 Å². The summed E-state index contributed by atoms with van der Waals surface area (Å²) in [6.45, 7) is 3.84. The first-order valence-corrected chi connectivity index (χ1v) is 8.44. The first-order chi connectivity index (χ1) is 12.9. The zero-order chi connectivity index (χ0) is 19.8. The molecule has 0 spiro atoms. The molecular formula is C17H20N6O3S. The number of rotatable bonds is 5. The first kappa shape index (κ1) is 20.0. The van der Waals surface area contributed by atoms with Gasteiger partial charge in [-0.25, -0.2) is 14.8 Å². The molecule has 10 heteroatoms. The van der Waals surface area contributed by atoms with Crippen molar-refractivity contribution >= 4 is 35.1 Å². The number of carbonyl (C=O) groups excluding carboxylic acids is 1. The van der Waals surface area contributed by atoms with Crippen molar-refractivity contribution in [2.45, 2.75) is 20.0 Å². The van der Waals surface area contributed by atoms with Crippen molar-refractivity contribution in [2.24, 2.45) is 0 Å². The molecular weight excluding hydrogens is 368 g/mol. The third-order valence-corrected chi connectivity index (χ3v) is 3.22. The van der Waals surface area contributed by atoms with Crippen LogP contribution in [0.1, 0.15) is 19.5 Å². The lowest BCUT2D eigenvalue weighted by molar-refractivity contribution is 0.203. The zero-order valence-electron chi connectivity index (χ0n) is 15.1. The van der Waals surface area contributed by atoms with Crippen molar-refractivity contribution < 1.29 is 14.3 Å². The van der Waals surface area contributed by atoms with Crippen molar-refractivity contribution in [1.82, 2.24) is 20.6 Å². The molecule has 0 saturated carbocycles. The van der Waals surface area contributed by atoms with Crippen molar-refractivity contribution in [2.75, 3.05) is 12.4 Å². The van der Waals surface area contributed by atoms with Crippen LogP contribution in [0.5, 0.6) is 11.5 Å². The quantitative estimate of drug-likeness (QED) is 0.350. The minimum atomic E-state index is -0.634. The summed E-state index contributed by atoms with van der Waals surface area (Å²) in [6, 6.07) is 6.56. The van der Waals surface area contributed by atoms with Crippen LogP contribution in [0.4, 0.5) is 10.6 Å². The maximum Gasteiger partial charge on any atom is 0.412 e. The SMILES string of the molecule is CNC(=O)Oc1cccnc1NC(=S)NC(=N)c1ccc(OC(C)C)cn1. The average Bonchev–Trinajstić information content (AvgIpc) is 2.63. The van der Waals surface area contributed by atoms with Gasteiger partial charge in [0, 0.05) is 13.2 Å². The predicted octanol–water partition coefficient (Wildman–Crippen LogP) is 2.29. The Bertz CT molecular complexity index is 826. The van der Waals surface area contributed by atoms with E-state index in [1.165, 1.54) is 19.4 Å². The molecule has 0 fully saturated rings. The number of pyridine rings is 2. The molecule has 27 heavy (non-hydrogen) atoms. The number of thiocarbonyl (C=S) groups is 1. The van der Waals surface area contributed by atoms with Crippen molar-refractivity contribution in [1.29, 1.82) is 5.41 Å². The summed E-state index contributed by atoms with van der Waals surface area (Å²) in [5.41, 5.74) is 0.387. The molecule has 0 aliphatic rings. The van der Waals surface area contributed by atoms with E-state index >= 15 is 0 Å². The molecule has 2 rings (SSSR count). The number of aromatic nitrogens is 2. The van der Waals surface area contributed by atoms with Crippen LogP contribution in [0.15, 0.2) is 36.7 Å². The smallest absolute Gasteiger partial charge is 0.412 e. The van der Waals surface area contributed by atoms with Crippen LogP contribution in [-0.4, -0.2) is 40.2 Å². The molecule has 0 radical (unpaired) electrons. The normalized spacial score (nSPS) is 10.1. The van der Waals surface area contributed by atoms with Crippen LogP contribution in [0.25, 0.3) is 0 Å². The molecule has 0 aromatic carbocycles. The number of hydrogen-bond acceptors (Lipinski definition) is 7. The summed E-state index contributed by atoms with van der Waals surface area (Å²) in [7, 11) is 1.45. The number of ether oxygens (including phenoxy) is 2. The van der Waals surface area contributed by atoms with Gasteiger partial charge in [0.05, 0.1) is 12.3 Å². The summed E-state index contributed by atoms with van der Waals surface area (Å²) in [6.07, 6.45) is 2.46. The molecule has 2 aromatic heterocycles. The molecule has 2 aromatic rings. The Balaban J connectivity index is 1.99. The number of hydrogen-bond donors (Lipinski definition) is 4. The molecule has 9 nitrogen and oxygen atoms in total. The van der Waals surface area contributed by atoms with Crippen molar-refractivity contribution in [3.05, 3.63) is 42.4 Å². The monoisotopic (exact) mass is 388 g/mol. The zero-order valence-corrected chi connectivity index (χ0v) is 15.9. The Hall–Kier alpha value is -3.27. The van der Waals surface area contributed by atoms with E-state index in [9.17, 15) is 4.79 Å². The molecule has 0 saturated heterocycles. The molecule has 0 unspecified atom stereocenters. The predicted molar refractivity (Wildman–Crippen MR) is 106 cm³/mol. The third-order valence-electron chi connectivity index (χ3n) is 3.01. The molecule has 0 aliphatic carbocycles. The van der Waals surface area contributed by atoms with Gasteiger partial charge in [0.2, 0.25) is 0 Å². The number of carbonyl (C=O) groups is 1. The second kappa shape index (κ2) is 9.43. The molecule has 4 N–H and O–H groups in total. The lowest BCUT2D eigenvalue weighted by Crippen LogP contribution is -2.35. The minimum absolute atomic E-state index is 0.00621. The number of anilines is 1. The fourth-order valence-corrected chi connectivity index (χ4v) is 2.10. The number of amides is 1. The van der Waals surface area contributed by atoms with E-state index in [0.29, 0.717) is 11.4 Å². The van der Waals surface area contributed by atoms with E-state index in [0.717, 1.165) is 0 Å². The average molecular weight is 388 g/mol. The van der Waals surface area contributed by atoms with Gasteiger partial charge in [-0.3, -0.25) is 5.41 Å². The van der Waals surface area contributed by atoms with Gasteiger partial charge in [-0.05, 0) is 50.3 Å². The van der Waals surface area contributed by atoms with Gasteiger partial charge in [-0.15, -0.1) is 0 Å². The van der Waals surface area contributed by atoms with Gasteiger partial charge in [-0.2, -0.15) is 0 Å². The minimum Gasteiger partial charge on any atom is -0.489 e. The Morgan fingerprint density at radius 3 is 2.67 bits per heavy atom. The van der Waals surface area contributed by atoms with E-state index in [1.54, 1.807) is 24.3 Å². The van der Waals surface area contributed by atoms with Gasteiger partial charge in [-0.1, -0.05) is 0 Å². The van der Waals surface area contributed by atoms with Crippen LogP contribution >= 0.6 is 12.2 Å². The first-order valence-electron chi connectivity index (χ1n) is 8.03. The van der Waals surface area contributed by atoms with Crippen LogP contribution in [0, 0.1) is 5.41 Å². The largest absolute Gasteiger partial charge is 0.489 e. The van der Waals surface area contributed by atoms with E-state index in [-0.39, 0.29) is 28.6 Å². The van der Waals surface area contributed by atoms with Crippen LogP contribution < -0.4 is 25.4 Å². The third kappa shape index (κ3) is 6.19. The number of nitrogens with zero attached hydrogens (tertiary/aromatic N) is 2.